The molecule has 2 aromatic heterocycles. The fraction of sp³-hybridized carbons (Fsp3) is 0.444. The van der Waals surface area contributed by atoms with Gasteiger partial charge in [-0.05, 0) is 6.26 Å². The summed E-state index contributed by atoms with van der Waals surface area (Å²) in [5.74, 6) is 7.53. The summed E-state index contributed by atoms with van der Waals surface area (Å²) in [4.78, 5) is 18.5. The molecule has 0 aliphatic heterocycles. The first-order chi connectivity index (χ1) is 9.24. The van der Waals surface area contributed by atoms with Gasteiger partial charge in [0.2, 0.25) is 11.9 Å². The summed E-state index contributed by atoms with van der Waals surface area (Å²) in [5, 5.41) is 3.99. The number of nitrogens with two attached hydrogens (primary N) is 1. The van der Waals surface area contributed by atoms with Gasteiger partial charge in [-0.15, -0.1) is 0 Å². The lowest BCUT2D eigenvalue weighted by molar-refractivity contribution is 0.780. The van der Waals surface area contributed by atoms with Crippen LogP contribution in [0.15, 0.2) is 12.7 Å². The zero-order chi connectivity index (χ0) is 13.7. The van der Waals surface area contributed by atoms with Gasteiger partial charge in [0.1, 0.15) is 12.7 Å². The van der Waals surface area contributed by atoms with Crippen LogP contribution in [0.25, 0.3) is 5.95 Å². The third kappa shape index (κ3) is 3.29. The summed E-state index contributed by atoms with van der Waals surface area (Å²) in [7, 11) is 1.91. The summed E-state index contributed by atoms with van der Waals surface area (Å²) in [6.07, 6.45) is 4.98. The van der Waals surface area contributed by atoms with Crippen LogP contribution < -0.4 is 16.2 Å². The largest absolute Gasteiger partial charge is 0.343 e. The van der Waals surface area contributed by atoms with Crippen LogP contribution in [0.1, 0.15) is 0 Å². The van der Waals surface area contributed by atoms with Crippen molar-refractivity contribution in [3.05, 3.63) is 12.7 Å². The number of hydrazine groups is 1. The van der Waals surface area contributed by atoms with Crippen molar-refractivity contribution in [2.45, 2.75) is 0 Å². The van der Waals surface area contributed by atoms with Gasteiger partial charge in [-0.2, -0.15) is 36.5 Å². The Kier molecular flexibility index (Phi) is 4.47. The molecule has 0 amide bonds. The fourth-order valence-electron chi connectivity index (χ4n) is 1.33. The first-order valence-electron chi connectivity index (χ1n) is 5.52. The Morgan fingerprint density at radius 3 is 2.89 bits per heavy atom. The molecular weight excluding hydrogens is 266 g/mol. The number of anilines is 2. The molecule has 0 unspecified atom stereocenters. The Morgan fingerprint density at radius 2 is 2.26 bits per heavy atom. The Labute approximate surface area is 114 Å². The van der Waals surface area contributed by atoms with Crippen molar-refractivity contribution in [3.8, 4) is 5.95 Å². The van der Waals surface area contributed by atoms with Gasteiger partial charge in [0.15, 0.2) is 0 Å². The molecule has 102 valence electrons. The Hall–Kier alpha value is -1.94. The maximum Gasteiger partial charge on any atom is 0.258 e. The molecule has 0 saturated carbocycles. The molecule has 0 aliphatic carbocycles. The second kappa shape index (κ2) is 6.29. The molecule has 2 rings (SSSR count). The number of nitrogens with zero attached hydrogens (tertiary/aromatic N) is 7. The van der Waals surface area contributed by atoms with E-state index in [2.05, 4.69) is 36.7 Å². The molecule has 0 fully saturated rings. The molecular formula is C9H15N9S. The maximum atomic E-state index is 5.37. The average Bonchev–Trinajstić information content (AvgIpc) is 2.98. The van der Waals surface area contributed by atoms with E-state index >= 15 is 0 Å². The predicted octanol–water partition coefficient (Wildman–Crippen LogP) is -0.463. The smallest absolute Gasteiger partial charge is 0.258 e. The molecule has 19 heavy (non-hydrogen) atoms. The van der Waals surface area contributed by atoms with Gasteiger partial charge in [-0.25, -0.2) is 10.8 Å². The van der Waals surface area contributed by atoms with Crippen molar-refractivity contribution in [1.82, 2.24) is 29.7 Å². The minimum atomic E-state index is 0.284. The lowest BCUT2D eigenvalue weighted by atomic mass is 10.6. The number of aromatic nitrogens is 6. The maximum absolute atomic E-state index is 5.37. The van der Waals surface area contributed by atoms with E-state index in [0.29, 0.717) is 11.9 Å². The van der Waals surface area contributed by atoms with E-state index in [1.165, 1.54) is 17.3 Å². The molecule has 0 bridgehead atoms. The monoisotopic (exact) mass is 281 g/mol. The van der Waals surface area contributed by atoms with Crippen LogP contribution in [0, 0.1) is 0 Å². The van der Waals surface area contributed by atoms with Crippen LogP contribution in [-0.4, -0.2) is 55.3 Å². The highest BCUT2D eigenvalue weighted by molar-refractivity contribution is 7.98. The van der Waals surface area contributed by atoms with Crippen molar-refractivity contribution >= 4 is 23.7 Å². The van der Waals surface area contributed by atoms with Gasteiger partial charge in [0, 0.05) is 19.3 Å². The van der Waals surface area contributed by atoms with Gasteiger partial charge in [-0.1, -0.05) is 0 Å². The van der Waals surface area contributed by atoms with E-state index in [1.54, 1.807) is 11.8 Å². The minimum absolute atomic E-state index is 0.284. The number of hydrogen-bond acceptors (Lipinski definition) is 9. The molecule has 0 spiro atoms. The van der Waals surface area contributed by atoms with Crippen molar-refractivity contribution in [2.24, 2.45) is 5.84 Å². The Balaban J connectivity index is 2.31. The standard InChI is InChI=1S/C9H15N9S/c1-17(3-4-19-2)8-13-7(16-10)14-9(15-8)18-6-11-5-12-18/h5-6H,3-4,10H2,1-2H3,(H,13,14,15,16). The van der Waals surface area contributed by atoms with E-state index in [-0.39, 0.29) is 5.95 Å². The zero-order valence-electron chi connectivity index (χ0n) is 10.7. The molecule has 0 saturated heterocycles. The second-order valence-electron chi connectivity index (χ2n) is 3.66. The molecule has 2 aromatic rings. The van der Waals surface area contributed by atoms with Crippen LogP contribution in [0.5, 0.6) is 0 Å². The number of thioether (sulfide) groups is 1. The van der Waals surface area contributed by atoms with Crippen LogP contribution in [0.4, 0.5) is 11.9 Å². The number of hydrogen-bond donors (Lipinski definition) is 2. The molecule has 9 nitrogen and oxygen atoms in total. The molecule has 0 aromatic carbocycles. The zero-order valence-corrected chi connectivity index (χ0v) is 11.5. The molecule has 0 atom stereocenters. The topological polar surface area (TPSA) is 111 Å². The van der Waals surface area contributed by atoms with Crippen molar-refractivity contribution in [1.29, 1.82) is 0 Å². The minimum Gasteiger partial charge on any atom is -0.343 e. The third-order valence-electron chi connectivity index (χ3n) is 2.34. The lowest BCUT2D eigenvalue weighted by Gasteiger charge is -2.17. The van der Waals surface area contributed by atoms with Gasteiger partial charge in [0.25, 0.3) is 5.95 Å². The van der Waals surface area contributed by atoms with Gasteiger partial charge < -0.3 is 4.90 Å². The van der Waals surface area contributed by atoms with E-state index < -0.39 is 0 Å². The molecule has 2 heterocycles. The average molecular weight is 281 g/mol. The molecule has 10 heteroatoms. The Morgan fingerprint density at radius 1 is 1.42 bits per heavy atom. The van der Waals surface area contributed by atoms with E-state index in [0.717, 1.165) is 12.3 Å². The van der Waals surface area contributed by atoms with E-state index in [4.69, 9.17) is 5.84 Å². The highest BCUT2D eigenvalue weighted by atomic mass is 32.2. The summed E-state index contributed by atoms with van der Waals surface area (Å²) >= 11 is 1.76. The number of rotatable bonds is 6. The van der Waals surface area contributed by atoms with Gasteiger partial charge in [-0.3, -0.25) is 5.43 Å². The molecule has 0 radical (unpaired) electrons. The fourth-order valence-corrected chi connectivity index (χ4v) is 1.79. The summed E-state index contributed by atoms with van der Waals surface area (Å²) in [5.41, 5.74) is 2.43. The molecule has 0 aliphatic rings. The molecule has 3 N–H and O–H groups in total. The summed E-state index contributed by atoms with van der Waals surface area (Å²) in [6, 6.07) is 0. The third-order valence-corrected chi connectivity index (χ3v) is 2.93. The van der Waals surface area contributed by atoms with Gasteiger partial charge >= 0.3 is 0 Å². The van der Waals surface area contributed by atoms with E-state index in [9.17, 15) is 0 Å². The SMILES string of the molecule is CSCCN(C)c1nc(NN)nc(-n2cncn2)n1. The van der Waals surface area contributed by atoms with Crippen LogP contribution >= 0.6 is 11.8 Å². The van der Waals surface area contributed by atoms with Gasteiger partial charge in [0.05, 0.1) is 0 Å². The summed E-state index contributed by atoms with van der Waals surface area (Å²) in [6.45, 7) is 0.825. The highest BCUT2D eigenvalue weighted by Gasteiger charge is 2.11. The van der Waals surface area contributed by atoms with Crippen LogP contribution in [-0.2, 0) is 0 Å². The van der Waals surface area contributed by atoms with Crippen molar-refractivity contribution < 1.29 is 0 Å². The lowest BCUT2D eigenvalue weighted by Crippen LogP contribution is -2.25. The second-order valence-corrected chi connectivity index (χ2v) is 4.64. The first-order valence-corrected chi connectivity index (χ1v) is 6.91. The predicted molar refractivity (Wildman–Crippen MR) is 74.2 cm³/mol. The quantitative estimate of drug-likeness (QED) is 0.536. The van der Waals surface area contributed by atoms with Crippen molar-refractivity contribution in [2.75, 3.05) is 35.9 Å². The van der Waals surface area contributed by atoms with Crippen LogP contribution in [0.3, 0.4) is 0 Å². The Bertz CT molecular complexity index is 514. The normalized spacial score (nSPS) is 10.5. The van der Waals surface area contributed by atoms with Crippen LogP contribution in [0.2, 0.25) is 0 Å². The van der Waals surface area contributed by atoms with Crippen molar-refractivity contribution in [3.63, 3.8) is 0 Å². The highest BCUT2D eigenvalue weighted by Crippen LogP contribution is 2.11. The first kappa shape index (κ1) is 13.5. The number of nitrogen functional groups attached to an aromatic ring is 1. The van der Waals surface area contributed by atoms with E-state index in [1.807, 2.05) is 11.9 Å². The summed E-state index contributed by atoms with van der Waals surface area (Å²) < 4.78 is 1.45. The number of nitrogens with one attached hydrogen (secondary N) is 1.